The molecule has 0 unspecified atom stereocenters. The summed E-state index contributed by atoms with van der Waals surface area (Å²) in [5.41, 5.74) is 8.27. The number of anilines is 1. The third kappa shape index (κ3) is 4.31. The number of benzene rings is 1. The standard InChI is InChI=1S/C15H16Br2N2OS/c1-2-6-19(9-10-4-3-5-11(18)7-10)15(20)12-8-13(16)21-14(12)17/h3-5,7-8H,2,6,9,18H2,1H3. The highest BCUT2D eigenvalue weighted by atomic mass is 79.9. The van der Waals surface area contributed by atoms with Crippen LogP contribution in [0.3, 0.4) is 0 Å². The average molecular weight is 432 g/mol. The number of carbonyl (C=O) groups excluding carboxylic acids is 1. The Hall–Kier alpha value is -0.850. The van der Waals surface area contributed by atoms with Gasteiger partial charge >= 0.3 is 0 Å². The summed E-state index contributed by atoms with van der Waals surface area (Å²) in [6.45, 7) is 3.35. The second kappa shape index (κ2) is 7.42. The number of nitrogens with two attached hydrogens (primary N) is 1. The predicted molar refractivity (Wildman–Crippen MR) is 95.6 cm³/mol. The molecule has 2 N–H and O–H groups in total. The summed E-state index contributed by atoms with van der Waals surface area (Å²) >= 11 is 8.38. The molecule has 0 atom stereocenters. The summed E-state index contributed by atoms with van der Waals surface area (Å²) in [7, 11) is 0. The first kappa shape index (κ1) is 16.5. The third-order valence-electron chi connectivity index (χ3n) is 2.99. The van der Waals surface area contributed by atoms with Crippen molar-refractivity contribution in [3.8, 4) is 0 Å². The summed E-state index contributed by atoms with van der Waals surface area (Å²) in [6.07, 6.45) is 0.914. The number of amides is 1. The van der Waals surface area contributed by atoms with Gasteiger partial charge in [-0.25, -0.2) is 0 Å². The number of halogens is 2. The molecule has 0 bridgehead atoms. The van der Waals surface area contributed by atoms with Crippen molar-refractivity contribution in [2.75, 3.05) is 12.3 Å². The zero-order valence-electron chi connectivity index (χ0n) is 11.6. The van der Waals surface area contributed by atoms with E-state index in [2.05, 4.69) is 38.8 Å². The third-order valence-corrected chi connectivity index (χ3v) is 5.33. The molecule has 112 valence electrons. The fraction of sp³-hybridized carbons (Fsp3) is 0.267. The van der Waals surface area contributed by atoms with Crippen LogP contribution in [0.25, 0.3) is 0 Å². The van der Waals surface area contributed by atoms with Gasteiger partial charge < -0.3 is 10.6 Å². The van der Waals surface area contributed by atoms with Gasteiger partial charge in [0.1, 0.15) is 0 Å². The quantitative estimate of drug-likeness (QED) is 0.683. The van der Waals surface area contributed by atoms with Gasteiger partial charge in [-0.05, 0) is 62.0 Å². The van der Waals surface area contributed by atoms with Crippen molar-refractivity contribution < 1.29 is 4.79 Å². The first-order valence-electron chi connectivity index (χ1n) is 6.59. The molecular weight excluding hydrogens is 416 g/mol. The molecule has 0 spiro atoms. The minimum Gasteiger partial charge on any atom is -0.399 e. The van der Waals surface area contributed by atoms with Crippen LogP contribution in [-0.2, 0) is 6.54 Å². The van der Waals surface area contributed by atoms with Crippen LogP contribution in [0.4, 0.5) is 5.69 Å². The highest BCUT2D eigenvalue weighted by Gasteiger charge is 2.20. The Labute approximate surface area is 145 Å². The number of rotatable bonds is 5. The minimum absolute atomic E-state index is 0.0353. The van der Waals surface area contributed by atoms with Crippen LogP contribution < -0.4 is 5.73 Å². The fourth-order valence-corrected chi connectivity index (χ4v) is 4.87. The van der Waals surface area contributed by atoms with Gasteiger partial charge in [-0.15, -0.1) is 11.3 Å². The molecule has 0 saturated heterocycles. The maximum atomic E-state index is 12.7. The molecule has 6 heteroatoms. The number of nitrogen functional groups attached to an aromatic ring is 1. The summed E-state index contributed by atoms with van der Waals surface area (Å²) in [5.74, 6) is 0.0353. The van der Waals surface area contributed by atoms with E-state index >= 15 is 0 Å². The van der Waals surface area contributed by atoms with E-state index in [1.54, 1.807) is 0 Å². The monoisotopic (exact) mass is 430 g/mol. The first-order valence-corrected chi connectivity index (χ1v) is 9.00. The minimum atomic E-state index is 0.0353. The van der Waals surface area contributed by atoms with Crippen LogP contribution in [0.2, 0.25) is 0 Å². The molecular formula is C15H16Br2N2OS. The molecule has 1 aromatic carbocycles. The van der Waals surface area contributed by atoms with Gasteiger partial charge in [0.15, 0.2) is 0 Å². The lowest BCUT2D eigenvalue weighted by molar-refractivity contribution is 0.0743. The van der Waals surface area contributed by atoms with Gasteiger partial charge in [0, 0.05) is 18.8 Å². The van der Waals surface area contributed by atoms with Crippen molar-refractivity contribution in [3.63, 3.8) is 0 Å². The lowest BCUT2D eigenvalue weighted by Gasteiger charge is -2.22. The fourth-order valence-electron chi connectivity index (χ4n) is 2.09. The highest BCUT2D eigenvalue weighted by molar-refractivity contribution is 9.12. The number of carbonyl (C=O) groups is 1. The first-order chi connectivity index (χ1) is 10.0. The highest BCUT2D eigenvalue weighted by Crippen LogP contribution is 2.32. The molecule has 0 saturated carbocycles. The van der Waals surface area contributed by atoms with Crippen LogP contribution in [-0.4, -0.2) is 17.4 Å². The molecule has 0 fully saturated rings. The summed E-state index contributed by atoms with van der Waals surface area (Å²) < 4.78 is 1.80. The summed E-state index contributed by atoms with van der Waals surface area (Å²) in [6, 6.07) is 9.52. The van der Waals surface area contributed by atoms with Crippen molar-refractivity contribution >= 4 is 54.8 Å². The molecule has 1 aromatic heterocycles. The largest absolute Gasteiger partial charge is 0.399 e. The molecule has 21 heavy (non-hydrogen) atoms. The topological polar surface area (TPSA) is 46.3 Å². The van der Waals surface area contributed by atoms with Gasteiger partial charge in [0.25, 0.3) is 5.91 Å². The summed E-state index contributed by atoms with van der Waals surface area (Å²) in [5, 5.41) is 0. The zero-order valence-corrected chi connectivity index (χ0v) is 15.6. The maximum Gasteiger partial charge on any atom is 0.256 e. The van der Waals surface area contributed by atoms with Gasteiger partial charge in [-0.3, -0.25) is 4.79 Å². The van der Waals surface area contributed by atoms with E-state index in [4.69, 9.17) is 5.73 Å². The van der Waals surface area contributed by atoms with Crippen LogP contribution in [0.15, 0.2) is 37.9 Å². The number of hydrogen-bond donors (Lipinski definition) is 1. The van der Waals surface area contributed by atoms with Crippen molar-refractivity contribution in [1.82, 2.24) is 4.90 Å². The molecule has 0 aliphatic carbocycles. The Morgan fingerprint density at radius 1 is 1.33 bits per heavy atom. The van der Waals surface area contributed by atoms with Crippen LogP contribution in [0.5, 0.6) is 0 Å². The van der Waals surface area contributed by atoms with Crippen LogP contribution >= 0.6 is 43.2 Å². The van der Waals surface area contributed by atoms with Crippen LogP contribution in [0.1, 0.15) is 29.3 Å². The Morgan fingerprint density at radius 2 is 2.10 bits per heavy atom. The van der Waals surface area contributed by atoms with E-state index in [1.807, 2.05) is 35.2 Å². The second-order valence-electron chi connectivity index (χ2n) is 4.71. The molecule has 0 aliphatic rings. The van der Waals surface area contributed by atoms with E-state index < -0.39 is 0 Å². The van der Waals surface area contributed by atoms with Gasteiger partial charge in [0.05, 0.1) is 13.1 Å². The smallest absolute Gasteiger partial charge is 0.256 e. The van der Waals surface area contributed by atoms with Gasteiger partial charge in [-0.2, -0.15) is 0 Å². The molecule has 1 amide bonds. The lowest BCUT2D eigenvalue weighted by atomic mass is 10.1. The number of nitrogens with zero attached hydrogens (tertiary/aromatic N) is 1. The van der Waals surface area contributed by atoms with E-state index in [0.29, 0.717) is 18.7 Å². The molecule has 1 heterocycles. The zero-order chi connectivity index (χ0) is 15.4. The number of thiophene rings is 1. The molecule has 3 nitrogen and oxygen atoms in total. The Bertz CT molecular complexity index is 642. The Morgan fingerprint density at radius 3 is 2.67 bits per heavy atom. The normalized spacial score (nSPS) is 10.6. The SMILES string of the molecule is CCCN(Cc1cccc(N)c1)C(=O)c1cc(Br)sc1Br. The second-order valence-corrected chi connectivity index (χ2v) is 8.46. The van der Waals surface area contributed by atoms with Crippen molar-refractivity contribution in [2.45, 2.75) is 19.9 Å². The Balaban J connectivity index is 2.22. The van der Waals surface area contributed by atoms with E-state index in [0.717, 1.165) is 25.2 Å². The summed E-state index contributed by atoms with van der Waals surface area (Å²) in [4.78, 5) is 14.6. The van der Waals surface area contributed by atoms with E-state index in [9.17, 15) is 4.79 Å². The molecule has 2 aromatic rings. The van der Waals surface area contributed by atoms with E-state index in [1.165, 1.54) is 11.3 Å². The van der Waals surface area contributed by atoms with Gasteiger partial charge in [0.2, 0.25) is 0 Å². The average Bonchev–Trinajstić information content (AvgIpc) is 2.76. The molecule has 0 radical (unpaired) electrons. The van der Waals surface area contributed by atoms with Crippen molar-refractivity contribution in [1.29, 1.82) is 0 Å². The Kier molecular flexibility index (Phi) is 5.84. The van der Waals surface area contributed by atoms with E-state index in [-0.39, 0.29) is 5.91 Å². The van der Waals surface area contributed by atoms with Crippen LogP contribution in [0, 0.1) is 0 Å². The van der Waals surface area contributed by atoms with Crippen molar-refractivity contribution in [3.05, 3.63) is 49.0 Å². The lowest BCUT2D eigenvalue weighted by Crippen LogP contribution is -2.31. The molecule has 0 aliphatic heterocycles. The number of hydrogen-bond acceptors (Lipinski definition) is 3. The van der Waals surface area contributed by atoms with Gasteiger partial charge in [-0.1, -0.05) is 19.1 Å². The predicted octanol–water partition coefficient (Wildman–Crippen LogP) is 4.91. The van der Waals surface area contributed by atoms with Crippen molar-refractivity contribution in [2.24, 2.45) is 0 Å². The molecule has 2 rings (SSSR count). The maximum absolute atomic E-state index is 12.7.